The Balaban J connectivity index is 1.74. The minimum atomic E-state index is -0.342. The number of nitrogens with two attached hydrogens (primary N) is 1. The van der Waals surface area contributed by atoms with Gasteiger partial charge in [-0.3, -0.25) is 0 Å². The van der Waals surface area contributed by atoms with Crippen molar-refractivity contribution in [2.24, 2.45) is 11.7 Å². The van der Waals surface area contributed by atoms with Gasteiger partial charge in [-0.2, -0.15) is 0 Å². The maximum absolute atomic E-state index is 9.33. The zero-order chi connectivity index (χ0) is 13.0. The van der Waals surface area contributed by atoms with Crippen molar-refractivity contribution in [2.75, 3.05) is 19.7 Å². The molecule has 2 fully saturated rings. The van der Waals surface area contributed by atoms with Crippen LogP contribution in [0, 0.1) is 5.92 Å². The molecule has 0 aromatic rings. The molecule has 0 aromatic heterocycles. The van der Waals surface area contributed by atoms with E-state index < -0.39 is 0 Å². The van der Waals surface area contributed by atoms with Crippen molar-refractivity contribution in [3.8, 4) is 0 Å². The number of nitrogens with zero attached hydrogens (tertiary/aromatic N) is 1. The SMILES string of the molecule is CCC(N)(CO)CCCN1CCC2CCCCC21. The molecular formula is C15H30N2O. The predicted molar refractivity (Wildman–Crippen MR) is 75.5 cm³/mol. The first kappa shape index (κ1) is 14.3. The van der Waals surface area contributed by atoms with Crippen LogP contribution < -0.4 is 5.73 Å². The molecule has 1 aliphatic carbocycles. The highest BCUT2D eigenvalue weighted by molar-refractivity contribution is 4.90. The average molecular weight is 254 g/mol. The fourth-order valence-corrected chi connectivity index (χ4v) is 3.78. The van der Waals surface area contributed by atoms with E-state index in [1.165, 1.54) is 45.2 Å². The van der Waals surface area contributed by atoms with Crippen LogP contribution in [0.25, 0.3) is 0 Å². The van der Waals surface area contributed by atoms with Crippen molar-refractivity contribution < 1.29 is 5.11 Å². The van der Waals surface area contributed by atoms with Crippen LogP contribution in [0.2, 0.25) is 0 Å². The van der Waals surface area contributed by atoms with Gasteiger partial charge in [-0.25, -0.2) is 0 Å². The Labute approximate surface area is 112 Å². The van der Waals surface area contributed by atoms with E-state index >= 15 is 0 Å². The molecule has 0 radical (unpaired) electrons. The normalized spacial score (nSPS) is 32.2. The molecule has 1 saturated heterocycles. The van der Waals surface area contributed by atoms with Crippen molar-refractivity contribution in [3.05, 3.63) is 0 Å². The second kappa shape index (κ2) is 6.36. The van der Waals surface area contributed by atoms with E-state index in [1.807, 2.05) is 0 Å². The molecule has 18 heavy (non-hydrogen) atoms. The molecular weight excluding hydrogens is 224 g/mol. The summed E-state index contributed by atoms with van der Waals surface area (Å²) >= 11 is 0. The lowest BCUT2D eigenvalue weighted by Gasteiger charge is -2.33. The second-order valence-corrected chi connectivity index (χ2v) is 6.41. The van der Waals surface area contributed by atoms with Crippen molar-refractivity contribution in [2.45, 2.75) is 69.9 Å². The standard InChI is InChI=1S/C15H30N2O/c1-2-15(16,12-18)9-5-10-17-11-8-13-6-3-4-7-14(13)17/h13-14,18H,2-12,16H2,1H3. The van der Waals surface area contributed by atoms with Crippen LogP contribution >= 0.6 is 0 Å². The van der Waals surface area contributed by atoms with E-state index in [2.05, 4.69) is 11.8 Å². The molecule has 3 unspecified atom stereocenters. The summed E-state index contributed by atoms with van der Waals surface area (Å²) in [6.07, 6.45) is 10.1. The van der Waals surface area contributed by atoms with Gasteiger partial charge in [0.1, 0.15) is 0 Å². The number of aliphatic hydroxyl groups excluding tert-OH is 1. The molecule has 1 heterocycles. The van der Waals surface area contributed by atoms with Gasteiger partial charge in [0.25, 0.3) is 0 Å². The van der Waals surface area contributed by atoms with Gasteiger partial charge in [0, 0.05) is 11.6 Å². The van der Waals surface area contributed by atoms with E-state index in [0.717, 1.165) is 31.2 Å². The highest BCUT2D eigenvalue weighted by atomic mass is 16.3. The van der Waals surface area contributed by atoms with E-state index in [4.69, 9.17) is 5.73 Å². The lowest BCUT2D eigenvalue weighted by atomic mass is 9.85. The molecule has 0 aromatic carbocycles. The number of fused-ring (bicyclic) bond motifs is 1. The molecule has 0 bridgehead atoms. The number of rotatable bonds is 6. The Morgan fingerprint density at radius 3 is 2.78 bits per heavy atom. The first-order valence-electron chi connectivity index (χ1n) is 7.82. The van der Waals surface area contributed by atoms with Crippen molar-refractivity contribution >= 4 is 0 Å². The summed E-state index contributed by atoms with van der Waals surface area (Å²) < 4.78 is 0. The Bertz CT molecular complexity index is 253. The molecule has 3 N–H and O–H groups in total. The molecule has 2 aliphatic rings. The molecule has 3 nitrogen and oxygen atoms in total. The molecule has 1 saturated carbocycles. The van der Waals surface area contributed by atoms with E-state index in [0.29, 0.717) is 0 Å². The molecule has 0 spiro atoms. The highest BCUT2D eigenvalue weighted by Gasteiger charge is 2.35. The first-order valence-corrected chi connectivity index (χ1v) is 7.82. The third kappa shape index (κ3) is 3.25. The Morgan fingerprint density at radius 1 is 1.28 bits per heavy atom. The quantitative estimate of drug-likeness (QED) is 0.763. The van der Waals surface area contributed by atoms with E-state index in [1.54, 1.807) is 0 Å². The Hall–Kier alpha value is -0.120. The lowest BCUT2D eigenvalue weighted by Crippen LogP contribution is -2.44. The van der Waals surface area contributed by atoms with Gasteiger partial charge >= 0.3 is 0 Å². The lowest BCUT2D eigenvalue weighted by molar-refractivity contribution is 0.154. The van der Waals surface area contributed by atoms with Crippen molar-refractivity contribution in [1.29, 1.82) is 0 Å². The summed E-state index contributed by atoms with van der Waals surface area (Å²) in [4.78, 5) is 2.69. The van der Waals surface area contributed by atoms with Gasteiger partial charge < -0.3 is 15.7 Å². The summed E-state index contributed by atoms with van der Waals surface area (Å²) in [5, 5.41) is 9.33. The van der Waals surface area contributed by atoms with Crippen LogP contribution in [0.5, 0.6) is 0 Å². The van der Waals surface area contributed by atoms with Crippen LogP contribution in [-0.4, -0.2) is 41.3 Å². The summed E-state index contributed by atoms with van der Waals surface area (Å²) in [5.41, 5.74) is 5.80. The molecule has 1 aliphatic heterocycles. The third-order valence-electron chi connectivity index (χ3n) is 5.26. The molecule has 106 valence electrons. The monoisotopic (exact) mass is 254 g/mol. The maximum atomic E-state index is 9.33. The fraction of sp³-hybridized carbons (Fsp3) is 1.00. The van der Waals surface area contributed by atoms with Gasteiger partial charge in [-0.1, -0.05) is 19.8 Å². The number of hydrogen-bond acceptors (Lipinski definition) is 3. The summed E-state index contributed by atoms with van der Waals surface area (Å²) in [5.74, 6) is 0.977. The van der Waals surface area contributed by atoms with Gasteiger partial charge in [-0.15, -0.1) is 0 Å². The zero-order valence-electron chi connectivity index (χ0n) is 11.9. The first-order chi connectivity index (χ1) is 8.68. The molecule has 2 rings (SSSR count). The minimum absolute atomic E-state index is 0.121. The summed E-state index contributed by atoms with van der Waals surface area (Å²) in [7, 11) is 0. The van der Waals surface area contributed by atoms with Gasteiger partial charge in [-0.05, 0) is 57.5 Å². The highest BCUT2D eigenvalue weighted by Crippen LogP contribution is 2.36. The van der Waals surface area contributed by atoms with Crippen molar-refractivity contribution in [3.63, 3.8) is 0 Å². The fourth-order valence-electron chi connectivity index (χ4n) is 3.78. The molecule has 3 atom stereocenters. The summed E-state index contributed by atoms with van der Waals surface area (Å²) in [6, 6.07) is 0.863. The average Bonchev–Trinajstić information content (AvgIpc) is 2.82. The van der Waals surface area contributed by atoms with Crippen LogP contribution in [0.1, 0.15) is 58.3 Å². The van der Waals surface area contributed by atoms with Crippen LogP contribution in [0.4, 0.5) is 0 Å². The molecule has 0 amide bonds. The smallest absolute Gasteiger partial charge is 0.0611 e. The molecule has 3 heteroatoms. The maximum Gasteiger partial charge on any atom is 0.0611 e. The summed E-state index contributed by atoms with van der Waals surface area (Å²) in [6.45, 7) is 4.66. The third-order valence-corrected chi connectivity index (χ3v) is 5.26. The number of likely N-dealkylation sites (tertiary alicyclic amines) is 1. The predicted octanol–water partition coefficient (Wildman–Crippen LogP) is 2.13. The topological polar surface area (TPSA) is 49.5 Å². The van der Waals surface area contributed by atoms with Crippen molar-refractivity contribution in [1.82, 2.24) is 4.90 Å². The van der Waals surface area contributed by atoms with Crippen LogP contribution in [0.3, 0.4) is 0 Å². The van der Waals surface area contributed by atoms with E-state index in [9.17, 15) is 5.11 Å². The van der Waals surface area contributed by atoms with Crippen LogP contribution in [-0.2, 0) is 0 Å². The Kier molecular flexibility index (Phi) is 5.05. The van der Waals surface area contributed by atoms with Gasteiger partial charge in [0.15, 0.2) is 0 Å². The van der Waals surface area contributed by atoms with Gasteiger partial charge in [0.05, 0.1) is 6.61 Å². The number of aliphatic hydroxyl groups is 1. The number of hydrogen-bond donors (Lipinski definition) is 2. The second-order valence-electron chi connectivity index (χ2n) is 6.41. The zero-order valence-corrected chi connectivity index (χ0v) is 11.9. The van der Waals surface area contributed by atoms with Gasteiger partial charge in [0.2, 0.25) is 0 Å². The minimum Gasteiger partial charge on any atom is -0.394 e. The largest absolute Gasteiger partial charge is 0.394 e. The van der Waals surface area contributed by atoms with Crippen LogP contribution in [0.15, 0.2) is 0 Å². The Morgan fingerprint density at radius 2 is 2.06 bits per heavy atom. The van der Waals surface area contributed by atoms with E-state index in [-0.39, 0.29) is 12.1 Å².